The van der Waals surface area contributed by atoms with Gasteiger partial charge in [-0.15, -0.1) is 0 Å². The highest BCUT2D eigenvalue weighted by atomic mass is 16.5. The van der Waals surface area contributed by atoms with Crippen molar-refractivity contribution in [2.24, 2.45) is 17.3 Å². The minimum Gasteiger partial charge on any atom is -0.494 e. The van der Waals surface area contributed by atoms with Gasteiger partial charge in [-0.05, 0) is 91.7 Å². The first-order valence-electron chi connectivity index (χ1n) is 13.9. The Kier molecular flexibility index (Phi) is 8.05. The zero-order valence-electron chi connectivity index (χ0n) is 20.6. The Balaban J connectivity index is 1.14. The topological polar surface area (TPSA) is 9.23 Å². The van der Waals surface area contributed by atoms with Gasteiger partial charge >= 0.3 is 0 Å². The second-order valence-corrected chi connectivity index (χ2v) is 11.5. The third kappa shape index (κ3) is 5.69. The lowest BCUT2D eigenvalue weighted by molar-refractivity contribution is 0.0366. The molecule has 0 unspecified atom stereocenters. The van der Waals surface area contributed by atoms with Gasteiger partial charge in [-0.3, -0.25) is 0 Å². The summed E-state index contributed by atoms with van der Waals surface area (Å²) < 4.78 is 6.14. The van der Waals surface area contributed by atoms with Crippen LogP contribution < -0.4 is 4.74 Å². The number of rotatable bonds is 11. The molecule has 4 saturated carbocycles. The average molecular weight is 425 g/mol. The van der Waals surface area contributed by atoms with Crippen LogP contribution in [0.15, 0.2) is 24.3 Å². The van der Waals surface area contributed by atoms with Crippen molar-refractivity contribution in [3.8, 4) is 5.75 Å². The molecule has 1 aromatic carbocycles. The molecule has 0 N–H and O–H groups in total. The van der Waals surface area contributed by atoms with Crippen molar-refractivity contribution >= 4 is 0 Å². The zero-order chi connectivity index (χ0) is 21.6. The number of benzene rings is 1. The van der Waals surface area contributed by atoms with Crippen molar-refractivity contribution in [1.82, 2.24) is 0 Å². The SMILES string of the molecule is CCCCC[C@H]1CC[C@H](CCCOc2ccc(C34CCC(CC)(CC3)CC4)cc2)CC1. The Morgan fingerprint density at radius 3 is 1.87 bits per heavy atom. The first-order chi connectivity index (χ1) is 15.2. The van der Waals surface area contributed by atoms with Gasteiger partial charge in [-0.25, -0.2) is 0 Å². The largest absolute Gasteiger partial charge is 0.494 e. The lowest BCUT2D eigenvalue weighted by Gasteiger charge is -2.54. The molecule has 174 valence electrons. The van der Waals surface area contributed by atoms with Gasteiger partial charge in [0.25, 0.3) is 0 Å². The Bertz CT molecular complexity index is 627. The Hall–Kier alpha value is -0.980. The van der Waals surface area contributed by atoms with Crippen LogP contribution >= 0.6 is 0 Å². The Morgan fingerprint density at radius 2 is 1.32 bits per heavy atom. The second-order valence-electron chi connectivity index (χ2n) is 11.5. The molecule has 0 atom stereocenters. The monoisotopic (exact) mass is 424 g/mol. The maximum Gasteiger partial charge on any atom is 0.119 e. The smallest absolute Gasteiger partial charge is 0.119 e. The molecule has 0 spiro atoms. The van der Waals surface area contributed by atoms with Gasteiger partial charge in [0, 0.05) is 0 Å². The summed E-state index contributed by atoms with van der Waals surface area (Å²) in [6.45, 7) is 5.61. The van der Waals surface area contributed by atoms with E-state index >= 15 is 0 Å². The van der Waals surface area contributed by atoms with Crippen molar-refractivity contribution in [2.45, 2.75) is 128 Å². The average Bonchev–Trinajstić information content (AvgIpc) is 2.84. The van der Waals surface area contributed by atoms with Crippen LogP contribution in [0.1, 0.15) is 129 Å². The van der Waals surface area contributed by atoms with Crippen molar-refractivity contribution in [3.63, 3.8) is 0 Å². The summed E-state index contributed by atoms with van der Waals surface area (Å²) in [6, 6.07) is 9.28. The molecule has 5 rings (SSSR count). The standard InChI is InChI=1S/C30H48O/c1-3-5-6-8-25-10-12-26(13-11-25)9-7-24-31-28-16-14-27(15-17-28)30-21-18-29(4-2,19-22-30)20-23-30/h14-17,25-26H,3-13,18-24H2,1-2H3/t25-,26-,29?,30?. The highest BCUT2D eigenvalue weighted by Gasteiger charge is 2.48. The molecule has 4 fully saturated rings. The zero-order valence-corrected chi connectivity index (χ0v) is 20.6. The first-order valence-corrected chi connectivity index (χ1v) is 13.9. The predicted molar refractivity (Wildman–Crippen MR) is 133 cm³/mol. The lowest BCUT2D eigenvalue weighted by Crippen LogP contribution is -2.43. The molecule has 4 aliphatic carbocycles. The molecule has 0 aliphatic heterocycles. The molecule has 1 nitrogen and oxygen atoms in total. The van der Waals surface area contributed by atoms with E-state index in [2.05, 4.69) is 38.1 Å². The van der Waals surface area contributed by atoms with E-state index < -0.39 is 0 Å². The highest BCUT2D eigenvalue weighted by Crippen LogP contribution is 2.59. The lowest BCUT2D eigenvalue weighted by atomic mass is 9.51. The van der Waals surface area contributed by atoms with E-state index in [0.29, 0.717) is 10.8 Å². The molecule has 0 aromatic heterocycles. The third-order valence-electron chi connectivity index (χ3n) is 9.83. The molecule has 31 heavy (non-hydrogen) atoms. The minimum atomic E-state index is 0.477. The molecule has 4 aliphatic rings. The summed E-state index contributed by atoms with van der Waals surface area (Å²) >= 11 is 0. The number of unbranched alkanes of at least 4 members (excludes halogenated alkanes) is 2. The van der Waals surface area contributed by atoms with Crippen molar-refractivity contribution in [1.29, 1.82) is 0 Å². The van der Waals surface area contributed by atoms with Crippen molar-refractivity contribution < 1.29 is 4.74 Å². The molecule has 1 aromatic rings. The van der Waals surface area contributed by atoms with E-state index in [-0.39, 0.29) is 0 Å². The van der Waals surface area contributed by atoms with Crippen LogP contribution in [0.3, 0.4) is 0 Å². The van der Waals surface area contributed by atoms with Crippen molar-refractivity contribution in [3.05, 3.63) is 29.8 Å². The molecular formula is C30H48O. The fraction of sp³-hybridized carbons (Fsp3) is 0.800. The molecular weight excluding hydrogens is 376 g/mol. The van der Waals surface area contributed by atoms with Crippen LogP contribution in [0.5, 0.6) is 5.75 Å². The van der Waals surface area contributed by atoms with Gasteiger partial charge in [0.1, 0.15) is 5.75 Å². The van der Waals surface area contributed by atoms with Crippen LogP contribution in [-0.4, -0.2) is 6.61 Å². The van der Waals surface area contributed by atoms with E-state index in [1.165, 1.54) is 109 Å². The van der Waals surface area contributed by atoms with Crippen LogP contribution in [0.4, 0.5) is 0 Å². The van der Waals surface area contributed by atoms with Crippen LogP contribution in [0, 0.1) is 17.3 Å². The van der Waals surface area contributed by atoms with Crippen molar-refractivity contribution in [2.75, 3.05) is 6.61 Å². The van der Waals surface area contributed by atoms with Gasteiger partial charge < -0.3 is 4.74 Å². The maximum absolute atomic E-state index is 6.14. The fourth-order valence-corrected chi connectivity index (χ4v) is 7.19. The van der Waals surface area contributed by atoms with E-state index in [1.54, 1.807) is 5.56 Å². The number of hydrogen-bond acceptors (Lipinski definition) is 1. The van der Waals surface area contributed by atoms with Crippen LogP contribution in [-0.2, 0) is 5.41 Å². The van der Waals surface area contributed by atoms with E-state index in [0.717, 1.165) is 24.2 Å². The molecule has 1 heteroatoms. The second kappa shape index (κ2) is 10.8. The van der Waals surface area contributed by atoms with Gasteiger partial charge in [0.05, 0.1) is 6.61 Å². The number of ether oxygens (including phenoxy) is 1. The van der Waals surface area contributed by atoms with Crippen LogP contribution in [0.2, 0.25) is 0 Å². The van der Waals surface area contributed by atoms with Crippen LogP contribution in [0.25, 0.3) is 0 Å². The van der Waals surface area contributed by atoms with Gasteiger partial charge in [-0.2, -0.15) is 0 Å². The first kappa shape index (κ1) is 23.2. The van der Waals surface area contributed by atoms with E-state index in [4.69, 9.17) is 4.74 Å². The highest BCUT2D eigenvalue weighted by molar-refractivity contribution is 5.34. The third-order valence-corrected chi connectivity index (χ3v) is 9.83. The summed E-state index contributed by atoms with van der Waals surface area (Å²) in [6.07, 6.45) is 24.2. The normalized spacial score (nSPS) is 32.8. The molecule has 0 amide bonds. The van der Waals surface area contributed by atoms with E-state index in [1.807, 2.05) is 0 Å². The summed E-state index contributed by atoms with van der Waals surface area (Å²) in [5, 5.41) is 0. The number of hydrogen-bond donors (Lipinski definition) is 0. The maximum atomic E-state index is 6.14. The van der Waals surface area contributed by atoms with Gasteiger partial charge in [0.2, 0.25) is 0 Å². The summed E-state index contributed by atoms with van der Waals surface area (Å²) in [7, 11) is 0. The summed E-state index contributed by atoms with van der Waals surface area (Å²) in [5.41, 5.74) is 2.75. The van der Waals surface area contributed by atoms with E-state index in [9.17, 15) is 0 Å². The minimum absolute atomic E-state index is 0.477. The Labute approximate surface area is 192 Å². The number of fused-ring (bicyclic) bond motifs is 3. The Morgan fingerprint density at radius 1 is 0.742 bits per heavy atom. The fourth-order valence-electron chi connectivity index (χ4n) is 7.19. The summed E-state index contributed by atoms with van der Waals surface area (Å²) in [5.74, 6) is 3.07. The quantitative estimate of drug-likeness (QED) is 0.322. The van der Waals surface area contributed by atoms with Gasteiger partial charge in [-0.1, -0.05) is 83.8 Å². The molecule has 2 bridgehead atoms. The molecule has 0 saturated heterocycles. The predicted octanol–water partition coefficient (Wildman–Crippen LogP) is 9.23. The molecule has 0 heterocycles. The summed E-state index contributed by atoms with van der Waals surface area (Å²) in [4.78, 5) is 0. The molecule has 0 radical (unpaired) electrons. The van der Waals surface area contributed by atoms with Gasteiger partial charge in [0.15, 0.2) is 0 Å².